The van der Waals surface area contributed by atoms with Crippen molar-refractivity contribution in [2.75, 3.05) is 0 Å². The standard InChI is InChI=1S/C16H10N2/c1(3-7-15-9-5-11-17-13-15)2-4-8-16-10-6-12-18-14-16/h1-2,5-6,9-14H/b2-1-. The molecule has 0 saturated carbocycles. The van der Waals surface area contributed by atoms with Gasteiger partial charge in [-0.1, -0.05) is 23.7 Å². The van der Waals surface area contributed by atoms with Crippen LogP contribution in [0.3, 0.4) is 0 Å². The van der Waals surface area contributed by atoms with Crippen molar-refractivity contribution < 1.29 is 0 Å². The molecule has 2 nitrogen and oxygen atoms in total. The van der Waals surface area contributed by atoms with E-state index in [0.29, 0.717) is 0 Å². The second-order valence-corrected chi connectivity index (χ2v) is 3.36. The number of nitrogens with zero attached hydrogens (tertiary/aromatic N) is 2. The Balaban J connectivity index is 1.94. The van der Waals surface area contributed by atoms with Crippen molar-refractivity contribution in [1.82, 2.24) is 9.97 Å². The summed E-state index contributed by atoms with van der Waals surface area (Å²) in [4.78, 5) is 7.96. The van der Waals surface area contributed by atoms with Crippen molar-refractivity contribution in [3.05, 3.63) is 72.3 Å². The fourth-order valence-electron chi connectivity index (χ4n) is 1.21. The summed E-state index contributed by atoms with van der Waals surface area (Å²) in [6.07, 6.45) is 10.3. The molecule has 0 radical (unpaired) electrons. The second kappa shape index (κ2) is 6.68. The van der Waals surface area contributed by atoms with E-state index in [0.717, 1.165) is 11.1 Å². The van der Waals surface area contributed by atoms with Crippen LogP contribution < -0.4 is 0 Å². The van der Waals surface area contributed by atoms with E-state index in [1.54, 1.807) is 36.9 Å². The van der Waals surface area contributed by atoms with Crippen molar-refractivity contribution >= 4 is 0 Å². The van der Waals surface area contributed by atoms with Gasteiger partial charge in [0.15, 0.2) is 0 Å². The normalized spacial score (nSPS) is 9.11. The summed E-state index contributed by atoms with van der Waals surface area (Å²) in [5.41, 5.74) is 1.78. The van der Waals surface area contributed by atoms with Gasteiger partial charge in [0.25, 0.3) is 0 Å². The predicted octanol–water partition coefficient (Wildman–Crippen LogP) is 2.44. The molecule has 2 rings (SSSR count). The van der Waals surface area contributed by atoms with Crippen molar-refractivity contribution in [3.8, 4) is 23.7 Å². The van der Waals surface area contributed by atoms with Crippen LogP contribution in [-0.4, -0.2) is 9.97 Å². The molecule has 84 valence electrons. The van der Waals surface area contributed by atoms with Crippen LogP contribution in [0.2, 0.25) is 0 Å². The minimum atomic E-state index is 0.891. The van der Waals surface area contributed by atoms with Crippen LogP contribution in [-0.2, 0) is 0 Å². The summed E-state index contributed by atoms with van der Waals surface area (Å²) in [5.74, 6) is 11.7. The van der Waals surface area contributed by atoms with Gasteiger partial charge in [-0.3, -0.25) is 9.97 Å². The zero-order valence-corrected chi connectivity index (χ0v) is 9.67. The molecule has 0 saturated heterocycles. The van der Waals surface area contributed by atoms with E-state index in [2.05, 4.69) is 33.6 Å². The van der Waals surface area contributed by atoms with Crippen LogP contribution in [0, 0.1) is 23.7 Å². The molecule has 0 unspecified atom stereocenters. The molecule has 0 fully saturated rings. The number of hydrogen-bond acceptors (Lipinski definition) is 2. The largest absolute Gasteiger partial charge is 0.263 e. The summed E-state index contributed by atoms with van der Waals surface area (Å²) in [7, 11) is 0. The second-order valence-electron chi connectivity index (χ2n) is 3.36. The van der Waals surface area contributed by atoms with Crippen LogP contribution in [0.25, 0.3) is 0 Å². The number of rotatable bonds is 0. The lowest BCUT2D eigenvalue weighted by atomic mass is 10.3. The minimum Gasteiger partial charge on any atom is -0.263 e. The highest BCUT2D eigenvalue weighted by atomic mass is 14.6. The highest BCUT2D eigenvalue weighted by Gasteiger charge is 1.81. The van der Waals surface area contributed by atoms with Crippen LogP contribution >= 0.6 is 0 Å². The highest BCUT2D eigenvalue weighted by Crippen LogP contribution is 1.92. The maximum Gasteiger partial charge on any atom is 0.0432 e. The Morgan fingerprint density at radius 2 is 1.28 bits per heavy atom. The first-order valence-electron chi connectivity index (χ1n) is 5.43. The van der Waals surface area contributed by atoms with Gasteiger partial charge in [0, 0.05) is 35.9 Å². The van der Waals surface area contributed by atoms with Gasteiger partial charge in [0.05, 0.1) is 0 Å². The van der Waals surface area contributed by atoms with E-state index in [9.17, 15) is 0 Å². The molecule has 0 amide bonds. The van der Waals surface area contributed by atoms with E-state index >= 15 is 0 Å². The summed E-state index contributed by atoms with van der Waals surface area (Å²) >= 11 is 0. The molecule has 0 aliphatic carbocycles. The van der Waals surface area contributed by atoms with E-state index in [4.69, 9.17) is 0 Å². The molecule has 2 heteroatoms. The Labute approximate surface area is 106 Å². The van der Waals surface area contributed by atoms with Gasteiger partial charge in [0.2, 0.25) is 0 Å². The van der Waals surface area contributed by atoms with Gasteiger partial charge < -0.3 is 0 Å². The Hall–Kier alpha value is -2.84. The Bertz CT molecular complexity index is 576. The molecular formula is C16H10N2. The molecule has 0 aliphatic rings. The zero-order chi connectivity index (χ0) is 12.5. The molecule has 0 atom stereocenters. The molecule has 0 aliphatic heterocycles. The lowest BCUT2D eigenvalue weighted by Crippen LogP contribution is -1.74. The molecular weight excluding hydrogens is 220 g/mol. The lowest BCUT2D eigenvalue weighted by molar-refractivity contribution is 1.31. The van der Waals surface area contributed by atoms with E-state index in [1.807, 2.05) is 24.3 Å². The quantitative estimate of drug-likeness (QED) is 0.650. The van der Waals surface area contributed by atoms with Gasteiger partial charge in [-0.2, -0.15) is 0 Å². The number of allylic oxidation sites excluding steroid dienone is 2. The number of pyridine rings is 2. The monoisotopic (exact) mass is 230 g/mol. The Morgan fingerprint density at radius 1 is 0.778 bits per heavy atom. The van der Waals surface area contributed by atoms with Crippen LogP contribution in [0.15, 0.2) is 61.2 Å². The Kier molecular flexibility index (Phi) is 4.32. The molecule has 0 N–H and O–H groups in total. The maximum absolute atomic E-state index is 3.98. The first-order chi connectivity index (χ1) is 8.95. The van der Waals surface area contributed by atoms with Gasteiger partial charge in [-0.15, -0.1) is 0 Å². The predicted molar refractivity (Wildman–Crippen MR) is 71.4 cm³/mol. The van der Waals surface area contributed by atoms with Gasteiger partial charge in [0.1, 0.15) is 0 Å². The third-order valence-electron chi connectivity index (χ3n) is 2.01. The molecule has 2 heterocycles. The summed E-state index contributed by atoms with van der Waals surface area (Å²) in [6.45, 7) is 0. The van der Waals surface area contributed by atoms with Gasteiger partial charge in [-0.25, -0.2) is 0 Å². The first-order valence-corrected chi connectivity index (χ1v) is 5.43. The van der Waals surface area contributed by atoms with E-state index in [-0.39, 0.29) is 0 Å². The zero-order valence-electron chi connectivity index (χ0n) is 9.67. The topological polar surface area (TPSA) is 25.8 Å². The van der Waals surface area contributed by atoms with E-state index < -0.39 is 0 Å². The van der Waals surface area contributed by atoms with Crippen LogP contribution in [0.4, 0.5) is 0 Å². The van der Waals surface area contributed by atoms with Crippen molar-refractivity contribution in [2.24, 2.45) is 0 Å². The average Bonchev–Trinajstić information content (AvgIpc) is 2.45. The fourth-order valence-corrected chi connectivity index (χ4v) is 1.21. The van der Waals surface area contributed by atoms with Crippen LogP contribution in [0.5, 0.6) is 0 Å². The molecule has 0 aromatic carbocycles. The third kappa shape index (κ3) is 3.96. The third-order valence-corrected chi connectivity index (χ3v) is 2.01. The smallest absolute Gasteiger partial charge is 0.0432 e. The number of hydrogen-bond donors (Lipinski definition) is 0. The molecule has 0 bridgehead atoms. The lowest BCUT2D eigenvalue weighted by Gasteiger charge is -1.84. The van der Waals surface area contributed by atoms with Gasteiger partial charge >= 0.3 is 0 Å². The summed E-state index contributed by atoms with van der Waals surface area (Å²) < 4.78 is 0. The van der Waals surface area contributed by atoms with Gasteiger partial charge in [-0.05, 0) is 36.4 Å². The minimum absolute atomic E-state index is 0.891. The van der Waals surface area contributed by atoms with Crippen molar-refractivity contribution in [2.45, 2.75) is 0 Å². The highest BCUT2D eigenvalue weighted by molar-refractivity contribution is 5.38. The Morgan fingerprint density at radius 3 is 1.67 bits per heavy atom. The molecule has 18 heavy (non-hydrogen) atoms. The molecule has 2 aromatic heterocycles. The molecule has 0 spiro atoms. The van der Waals surface area contributed by atoms with E-state index in [1.165, 1.54) is 0 Å². The van der Waals surface area contributed by atoms with Crippen molar-refractivity contribution in [1.29, 1.82) is 0 Å². The fraction of sp³-hybridized carbons (Fsp3) is 0. The van der Waals surface area contributed by atoms with Crippen molar-refractivity contribution in [3.63, 3.8) is 0 Å². The summed E-state index contributed by atoms with van der Waals surface area (Å²) in [6, 6.07) is 7.54. The SMILES string of the molecule is C(#Cc1cccnc1)/C=C\C#Cc1cccnc1. The summed E-state index contributed by atoms with van der Waals surface area (Å²) in [5, 5.41) is 0. The maximum atomic E-state index is 3.98. The average molecular weight is 230 g/mol. The number of aromatic nitrogens is 2. The van der Waals surface area contributed by atoms with Crippen LogP contribution in [0.1, 0.15) is 11.1 Å². The molecule has 2 aromatic rings. The first kappa shape index (κ1) is 11.6.